The molecule has 1 amide bonds. The van der Waals surface area contributed by atoms with Crippen molar-refractivity contribution in [2.75, 3.05) is 6.61 Å². The van der Waals surface area contributed by atoms with Crippen molar-refractivity contribution in [1.29, 1.82) is 0 Å². The van der Waals surface area contributed by atoms with E-state index in [0.29, 0.717) is 17.9 Å². The van der Waals surface area contributed by atoms with E-state index >= 15 is 0 Å². The monoisotopic (exact) mass is 344 g/mol. The fourth-order valence-corrected chi connectivity index (χ4v) is 2.22. The maximum absolute atomic E-state index is 11.8. The molecule has 0 bridgehead atoms. The van der Waals surface area contributed by atoms with Gasteiger partial charge in [-0.15, -0.1) is 0 Å². The summed E-state index contributed by atoms with van der Waals surface area (Å²) < 4.78 is 5.34. The van der Waals surface area contributed by atoms with Crippen LogP contribution in [0.1, 0.15) is 30.2 Å². The lowest BCUT2D eigenvalue weighted by Gasteiger charge is -2.03. The highest BCUT2D eigenvalue weighted by Gasteiger charge is 2.08. The Morgan fingerprint density at radius 2 is 1.96 bits per heavy atom. The van der Waals surface area contributed by atoms with Crippen LogP contribution in [-0.2, 0) is 11.2 Å². The second-order valence-electron chi connectivity index (χ2n) is 5.31. The minimum absolute atomic E-state index is 0.0799. The number of aryl methyl sites for hydroxylation is 1. The van der Waals surface area contributed by atoms with E-state index in [1.165, 1.54) is 6.21 Å². The Morgan fingerprint density at radius 3 is 2.60 bits per heavy atom. The van der Waals surface area contributed by atoms with Crippen LogP contribution in [-0.4, -0.2) is 28.7 Å². The number of hydrogen-bond donors (Lipinski definition) is 3. The number of carbonyl (C=O) groups excluding carboxylic acids is 1. The third kappa shape index (κ3) is 5.45. The van der Waals surface area contributed by atoms with Crippen LogP contribution in [0.2, 0.25) is 0 Å². The molecule has 1 heterocycles. The molecule has 0 saturated carbocycles. The van der Waals surface area contributed by atoms with Gasteiger partial charge in [0.2, 0.25) is 5.91 Å². The number of hydrazone groups is 1. The molecule has 2 aromatic rings. The molecule has 0 aliphatic heterocycles. The topological polar surface area (TPSA) is 116 Å². The van der Waals surface area contributed by atoms with Crippen molar-refractivity contribution in [3.63, 3.8) is 0 Å². The molecular formula is C17H20N4O4. The first-order valence-corrected chi connectivity index (χ1v) is 7.86. The normalized spacial score (nSPS) is 10.8. The number of aromatic nitrogens is 2. The van der Waals surface area contributed by atoms with Crippen LogP contribution < -0.4 is 21.4 Å². The first-order chi connectivity index (χ1) is 12.0. The molecule has 3 N–H and O–H groups in total. The highest BCUT2D eigenvalue weighted by molar-refractivity contribution is 5.82. The molecule has 132 valence electrons. The number of nitrogens with one attached hydrogen (secondary N) is 3. The van der Waals surface area contributed by atoms with Crippen LogP contribution in [0.4, 0.5) is 0 Å². The summed E-state index contributed by atoms with van der Waals surface area (Å²) in [5, 5.41) is 3.88. The molecule has 0 saturated heterocycles. The largest absolute Gasteiger partial charge is 0.494 e. The number of amides is 1. The summed E-state index contributed by atoms with van der Waals surface area (Å²) in [6, 6.07) is 7.28. The smallest absolute Gasteiger partial charge is 0.325 e. The third-order valence-corrected chi connectivity index (χ3v) is 3.45. The molecule has 8 heteroatoms. The first kappa shape index (κ1) is 18.2. The van der Waals surface area contributed by atoms with E-state index in [4.69, 9.17) is 4.74 Å². The van der Waals surface area contributed by atoms with E-state index in [9.17, 15) is 14.4 Å². The van der Waals surface area contributed by atoms with Gasteiger partial charge in [0.05, 0.1) is 12.8 Å². The van der Waals surface area contributed by atoms with Crippen molar-refractivity contribution in [2.24, 2.45) is 5.10 Å². The van der Waals surface area contributed by atoms with E-state index in [0.717, 1.165) is 11.3 Å². The van der Waals surface area contributed by atoms with Gasteiger partial charge in [-0.05, 0) is 50.1 Å². The fraction of sp³-hybridized carbons (Fsp3) is 0.294. The Morgan fingerprint density at radius 1 is 1.24 bits per heavy atom. The summed E-state index contributed by atoms with van der Waals surface area (Å²) in [5.41, 5.74) is 3.02. The zero-order valence-electron chi connectivity index (χ0n) is 14.1. The van der Waals surface area contributed by atoms with Gasteiger partial charge in [-0.3, -0.25) is 14.6 Å². The lowest BCUT2D eigenvalue weighted by atomic mass is 10.1. The number of hydrogen-bond acceptors (Lipinski definition) is 5. The number of H-pyrrole nitrogens is 2. The van der Waals surface area contributed by atoms with E-state index < -0.39 is 11.2 Å². The molecular weight excluding hydrogens is 324 g/mol. The summed E-state index contributed by atoms with van der Waals surface area (Å²) >= 11 is 0. The summed E-state index contributed by atoms with van der Waals surface area (Å²) in [6.07, 6.45) is 1.81. The predicted octanol–water partition coefficient (Wildman–Crippen LogP) is 0.853. The van der Waals surface area contributed by atoms with Gasteiger partial charge >= 0.3 is 5.69 Å². The molecule has 0 atom stereocenters. The molecule has 1 aromatic carbocycles. The van der Waals surface area contributed by atoms with Crippen LogP contribution in [0.3, 0.4) is 0 Å². The molecule has 2 rings (SSSR count). The molecule has 0 fully saturated rings. The van der Waals surface area contributed by atoms with Crippen molar-refractivity contribution < 1.29 is 9.53 Å². The Bertz CT molecular complexity index is 865. The van der Waals surface area contributed by atoms with Crippen molar-refractivity contribution in [3.8, 4) is 5.75 Å². The van der Waals surface area contributed by atoms with Gasteiger partial charge in [0.15, 0.2) is 0 Å². The highest BCUT2D eigenvalue weighted by atomic mass is 16.5. The van der Waals surface area contributed by atoms with E-state index in [-0.39, 0.29) is 18.7 Å². The summed E-state index contributed by atoms with van der Waals surface area (Å²) in [5.74, 6) is 0.442. The van der Waals surface area contributed by atoms with E-state index in [2.05, 4.69) is 20.5 Å². The van der Waals surface area contributed by atoms with Gasteiger partial charge in [0, 0.05) is 17.7 Å². The number of ether oxygens (including phenoxy) is 1. The molecule has 0 aliphatic rings. The minimum Gasteiger partial charge on any atom is -0.494 e. The van der Waals surface area contributed by atoms with Gasteiger partial charge in [-0.25, -0.2) is 10.2 Å². The zero-order chi connectivity index (χ0) is 18.2. The van der Waals surface area contributed by atoms with Gasteiger partial charge < -0.3 is 9.72 Å². The standard InChI is InChI=1S/C17H20N4O4/c1-3-25-13-6-4-12(5-7-13)10-18-21-15(22)9-8-14-11(2)19-17(24)20-16(14)23/h4-7,10H,3,8-9H2,1-2H3,(H,21,22)(H2,19,20,23,24)/b18-10+. The average molecular weight is 344 g/mol. The SMILES string of the molecule is CCOc1ccc(/C=N/NC(=O)CCc2c(C)[nH]c(=O)[nH]c2=O)cc1. The minimum atomic E-state index is -0.560. The first-order valence-electron chi connectivity index (χ1n) is 7.86. The Balaban J connectivity index is 1.86. The van der Waals surface area contributed by atoms with Crippen LogP contribution in [0.5, 0.6) is 5.75 Å². The van der Waals surface area contributed by atoms with Crippen LogP contribution in [0, 0.1) is 6.92 Å². The number of benzene rings is 1. The average Bonchev–Trinajstić information content (AvgIpc) is 2.56. The molecule has 0 radical (unpaired) electrons. The summed E-state index contributed by atoms with van der Waals surface area (Å²) in [4.78, 5) is 39.3. The Kier molecular flexibility index (Phi) is 6.27. The molecule has 1 aromatic heterocycles. The second kappa shape index (κ2) is 8.62. The summed E-state index contributed by atoms with van der Waals surface area (Å²) in [6.45, 7) is 4.13. The van der Waals surface area contributed by atoms with Gasteiger partial charge in [0.1, 0.15) is 5.75 Å². The Hall–Kier alpha value is -3.16. The molecule has 8 nitrogen and oxygen atoms in total. The number of carbonyl (C=O) groups is 1. The number of nitrogens with zero attached hydrogens (tertiary/aromatic N) is 1. The van der Waals surface area contributed by atoms with Crippen molar-refractivity contribution in [2.45, 2.75) is 26.7 Å². The van der Waals surface area contributed by atoms with Gasteiger partial charge in [-0.2, -0.15) is 5.10 Å². The second-order valence-corrected chi connectivity index (χ2v) is 5.31. The quantitative estimate of drug-likeness (QED) is 0.510. The van der Waals surface area contributed by atoms with Crippen molar-refractivity contribution >= 4 is 12.1 Å². The summed E-state index contributed by atoms with van der Waals surface area (Å²) in [7, 11) is 0. The molecule has 0 unspecified atom stereocenters. The molecule has 0 aliphatic carbocycles. The van der Waals surface area contributed by atoms with Gasteiger partial charge in [0.25, 0.3) is 5.56 Å². The van der Waals surface area contributed by atoms with Crippen LogP contribution >= 0.6 is 0 Å². The maximum Gasteiger partial charge on any atom is 0.325 e. The predicted molar refractivity (Wildman–Crippen MR) is 94.1 cm³/mol. The van der Waals surface area contributed by atoms with Gasteiger partial charge in [-0.1, -0.05) is 0 Å². The Labute approximate surface area is 143 Å². The van der Waals surface area contributed by atoms with Crippen molar-refractivity contribution in [3.05, 3.63) is 61.9 Å². The zero-order valence-corrected chi connectivity index (χ0v) is 14.1. The molecule has 25 heavy (non-hydrogen) atoms. The van der Waals surface area contributed by atoms with Crippen LogP contribution in [0.15, 0.2) is 39.0 Å². The fourth-order valence-electron chi connectivity index (χ4n) is 2.22. The highest BCUT2D eigenvalue weighted by Crippen LogP contribution is 2.10. The number of rotatable bonds is 7. The van der Waals surface area contributed by atoms with Crippen molar-refractivity contribution in [1.82, 2.24) is 15.4 Å². The molecule has 0 spiro atoms. The lowest BCUT2D eigenvalue weighted by molar-refractivity contribution is -0.121. The number of aromatic amines is 2. The maximum atomic E-state index is 11.8. The lowest BCUT2D eigenvalue weighted by Crippen LogP contribution is -2.28. The van der Waals surface area contributed by atoms with Crippen LogP contribution in [0.25, 0.3) is 0 Å². The van der Waals surface area contributed by atoms with E-state index in [1.807, 2.05) is 31.2 Å². The van der Waals surface area contributed by atoms with E-state index in [1.54, 1.807) is 6.92 Å². The third-order valence-electron chi connectivity index (χ3n) is 3.45.